The van der Waals surface area contributed by atoms with Gasteiger partial charge in [0, 0.05) is 18.4 Å². The van der Waals surface area contributed by atoms with E-state index in [1.54, 1.807) is 12.3 Å². The SMILES string of the molecule is CC(C)n1ccnc1Nc1cccc(F)c1I. The van der Waals surface area contributed by atoms with E-state index in [1.165, 1.54) is 6.07 Å². The fourth-order valence-corrected chi connectivity index (χ4v) is 2.04. The first-order chi connectivity index (χ1) is 8.09. The van der Waals surface area contributed by atoms with Gasteiger partial charge >= 0.3 is 0 Å². The third-order valence-corrected chi connectivity index (χ3v) is 3.52. The van der Waals surface area contributed by atoms with Crippen molar-refractivity contribution in [1.82, 2.24) is 9.55 Å². The average molecular weight is 345 g/mol. The maximum Gasteiger partial charge on any atom is 0.207 e. The molecule has 1 aromatic heterocycles. The second kappa shape index (κ2) is 5.03. The lowest BCUT2D eigenvalue weighted by atomic mass is 10.3. The van der Waals surface area contributed by atoms with Gasteiger partial charge in [-0.1, -0.05) is 6.07 Å². The molecule has 1 N–H and O–H groups in total. The lowest BCUT2D eigenvalue weighted by Crippen LogP contribution is -2.06. The van der Waals surface area contributed by atoms with Gasteiger partial charge in [-0.15, -0.1) is 0 Å². The summed E-state index contributed by atoms with van der Waals surface area (Å²) < 4.78 is 16.0. The number of aromatic nitrogens is 2. The van der Waals surface area contributed by atoms with Crippen molar-refractivity contribution in [3.05, 3.63) is 40.0 Å². The van der Waals surface area contributed by atoms with E-state index < -0.39 is 0 Å². The van der Waals surface area contributed by atoms with E-state index in [0.29, 0.717) is 9.61 Å². The van der Waals surface area contributed by atoms with Crippen molar-refractivity contribution in [1.29, 1.82) is 0 Å². The highest BCUT2D eigenvalue weighted by Crippen LogP contribution is 2.25. The monoisotopic (exact) mass is 345 g/mol. The van der Waals surface area contributed by atoms with Gasteiger partial charge in [-0.3, -0.25) is 0 Å². The zero-order chi connectivity index (χ0) is 12.4. The number of imidazole rings is 1. The predicted molar refractivity (Wildman–Crippen MR) is 75.0 cm³/mol. The van der Waals surface area contributed by atoms with Crippen molar-refractivity contribution < 1.29 is 4.39 Å². The third kappa shape index (κ3) is 2.59. The highest BCUT2D eigenvalue weighted by molar-refractivity contribution is 14.1. The molecule has 2 rings (SSSR count). The number of hydrogen-bond donors (Lipinski definition) is 1. The average Bonchev–Trinajstić information content (AvgIpc) is 2.73. The Balaban J connectivity index is 2.32. The molecule has 0 fully saturated rings. The molecule has 0 saturated heterocycles. The van der Waals surface area contributed by atoms with Gasteiger partial charge < -0.3 is 9.88 Å². The molecule has 5 heteroatoms. The number of hydrogen-bond acceptors (Lipinski definition) is 2. The summed E-state index contributed by atoms with van der Waals surface area (Å²) in [7, 11) is 0. The van der Waals surface area contributed by atoms with E-state index in [9.17, 15) is 4.39 Å². The van der Waals surface area contributed by atoms with Crippen LogP contribution in [0.5, 0.6) is 0 Å². The third-order valence-electron chi connectivity index (χ3n) is 2.42. The predicted octanol–water partition coefficient (Wildman–Crippen LogP) is 3.95. The molecule has 0 radical (unpaired) electrons. The number of nitrogens with zero attached hydrogens (tertiary/aromatic N) is 2. The number of rotatable bonds is 3. The first-order valence-corrected chi connectivity index (χ1v) is 6.41. The Bertz CT molecular complexity index is 522. The molecule has 0 saturated carbocycles. The minimum Gasteiger partial charge on any atom is -0.325 e. The summed E-state index contributed by atoms with van der Waals surface area (Å²) in [5.74, 6) is 0.502. The van der Waals surface area contributed by atoms with Crippen molar-refractivity contribution in [2.45, 2.75) is 19.9 Å². The lowest BCUT2D eigenvalue weighted by Gasteiger charge is -2.13. The highest BCUT2D eigenvalue weighted by Gasteiger charge is 2.09. The maximum atomic E-state index is 13.4. The molecular weight excluding hydrogens is 332 g/mol. The first-order valence-electron chi connectivity index (χ1n) is 5.33. The normalized spacial score (nSPS) is 10.9. The van der Waals surface area contributed by atoms with Crippen LogP contribution in [0.2, 0.25) is 0 Å². The van der Waals surface area contributed by atoms with Crippen LogP contribution in [0, 0.1) is 9.39 Å². The van der Waals surface area contributed by atoms with Gasteiger partial charge in [0.1, 0.15) is 5.82 Å². The Kier molecular flexibility index (Phi) is 3.66. The summed E-state index contributed by atoms with van der Waals surface area (Å²) in [4.78, 5) is 4.23. The molecule has 1 aromatic carbocycles. The van der Waals surface area contributed by atoms with Crippen LogP contribution in [0.4, 0.5) is 16.0 Å². The van der Waals surface area contributed by atoms with E-state index in [1.807, 2.05) is 39.4 Å². The van der Waals surface area contributed by atoms with Crippen LogP contribution >= 0.6 is 22.6 Å². The summed E-state index contributed by atoms with van der Waals surface area (Å²) in [6, 6.07) is 5.28. The molecule has 0 amide bonds. The molecule has 3 nitrogen and oxygen atoms in total. The number of nitrogens with one attached hydrogen (secondary N) is 1. The van der Waals surface area contributed by atoms with Gasteiger partial charge in [0.15, 0.2) is 0 Å². The van der Waals surface area contributed by atoms with Crippen LogP contribution in [0.3, 0.4) is 0 Å². The van der Waals surface area contributed by atoms with Crippen LogP contribution in [-0.4, -0.2) is 9.55 Å². The molecule has 0 unspecified atom stereocenters. The quantitative estimate of drug-likeness (QED) is 0.854. The summed E-state index contributed by atoms with van der Waals surface area (Å²) >= 11 is 1.98. The fourth-order valence-electron chi connectivity index (χ4n) is 1.55. The maximum absolute atomic E-state index is 13.4. The molecule has 2 aromatic rings. The number of benzene rings is 1. The molecule has 0 aliphatic heterocycles. The summed E-state index contributed by atoms with van der Waals surface area (Å²) in [5, 5.41) is 3.15. The molecule has 0 atom stereocenters. The van der Waals surface area contributed by atoms with Crippen LogP contribution in [-0.2, 0) is 0 Å². The molecule has 17 heavy (non-hydrogen) atoms. The van der Waals surface area contributed by atoms with Gasteiger partial charge in [-0.25, -0.2) is 9.37 Å². The van der Waals surface area contributed by atoms with Gasteiger partial charge in [-0.2, -0.15) is 0 Å². The van der Waals surface area contributed by atoms with Crippen molar-refractivity contribution in [3.8, 4) is 0 Å². The van der Waals surface area contributed by atoms with E-state index in [4.69, 9.17) is 0 Å². The number of halogens is 2. The van der Waals surface area contributed by atoms with Crippen molar-refractivity contribution >= 4 is 34.2 Å². The molecule has 90 valence electrons. The molecule has 0 spiro atoms. The molecule has 0 aliphatic rings. The molecular formula is C12H13FIN3. The Labute approximate surface area is 113 Å². The topological polar surface area (TPSA) is 29.9 Å². The van der Waals surface area contributed by atoms with Gasteiger partial charge in [0.25, 0.3) is 0 Å². The van der Waals surface area contributed by atoms with Gasteiger partial charge in [0.05, 0.1) is 9.26 Å². The minimum atomic E-state index is -0.224. The second-order valence-corrected chi connectivity index (χ2v) is 5.06. The highest BCUT2D eigenvalue weighted by atomic mass is 127. The molecule has 0 bridgehead atoms. The Morgan fingerprint density at radius 3 is 2.88 bits per heavy atom. The van der Waals surface area contributed by atoms with Crippen LogP contribution in [0.1, 0.15) is 19.9 Å². The lowest BCUT2D eigenvalue weighted by molar-refractivity contribution is 0.607. The largest absolute Gasteiger partial charge is 0.325 e. The standard InChI is InChI=1S/C12H13FIN3/c1-8(2)17-7-6-15-12(17)16-10-5-3-4-9(13)11(10)14/h3-8H,1-2H3,(H,15,16). The Morgan fingerprint density at radius 1 is 1.41 bits per heavy atom. The smallest absolute Gasteiger partial charge is 0.207 e. The van der Waals surface area contributed by atoms with Gasteiger partial charge in [-0.05, 0) is 48.6 Å². The fraction of sp³-hybridized carbons (Fsp3) is 0.250. The first kappa shape index (κ1) is 12.3. The summed E-state index contributed by atoms with van der Waals surface area (Å²) in [6.07, 6.45) is 3.63. The van der Waals surface area contributed by atoms with Crippen LogP contribution in [0.25, 0.3) is 0 Å². The summed E-state index contributed by atoms with van der Waals surface area (Å²) in [5.41, 5.74) is 0.735. The van der Waals surface area contributed by atoms with Crippen LogP contribution < -0.4 is 5.32 Å². The zero-order valence-corrected chi connectivity index (χ0v) is 11.8. The van der Waals surface area contributed by atoms with Crippen molar-refractivity contribution in [2.24, 2.45) is 0 Å². The van der Waals surface area contributed by atoms with E-state index in [0.717, 1.165) is 11.6 Å². The zero-order valence-electron chi connectivity index (χ0n) is 9.61. The Morgan fingerprint density at radius 2 is 2.18 bits per heavy atom. The minimum absolute atomic E-state index is 0.224. The van der Waals surface area contributed by atoms with E-state index in [2.05, 4.69) is 24.1 Å². The summed E-state index contributed by atoms with van der Waals surface area (Å²) in [6.45, 7) is 4.15. The number of anilines is 2. The second-order valence-electron chi connectivity index (χ2n) is 3.98. The molecule has 1 heterocycles. The van der Waals surface area contributed by atoms with Gasteiger partial charge in [0.2, 0.25) is 5.95 Å². The van der Waals surface area contributed by atoms with E-state index in [-0.39, 0.29) is 5.82 Å². The molecule has 0 aliphatic carbocycles. The van der Waals surface area contributed by atoms with E-state index >= 15 is 0 Å². The van der Waals surface area contributed by atoms with Crippen LogP contribution in [0.15, 0.2) is 30.6 Å². The van der Waals surface area contributed by atoms with Crippen molar-refractivity contribution in [2.75, 3.05) is 5.32 Å². The Hall–Kier alpha value is -1.11. The van der Waals surface area contributed by atoms with Crippen molar-refractivity contribution in [3.63, 3.8) is 0 Å².